The van der Waals surface area contributed by atoms with Crippen LogP contribution >= 0.6 is 12.4 Å². The second-order valence-electron chi connectivity index (χ2n) is 4.48. The monoisotopic (exact) mass is 300 g/mol. The Kier molecular flexibility index (Phi) is 11.1. The summed E-state index contributed by atoms with van der Waals surface area (Å²) in [5.74, 6) is -0.0609. The van der Waals surface area contributed by atoms with Crippen molar-refractivity contribution in [2.75, 3.05) is 19.6 Å². The van der Waals surface area contributed by atoms with Crippen LogP contribution < -0.4 is 10.6 Å². The van der Waals surface area contributed by atoms with Crippen LogP contribution in [0.25, 0.3) is 0 Å². The molecule has 1 aromatic rings. The van der Waals surface area contributed by atoms with E-state index < -0.39 is 6.10 Å². The third-order valence-corrected chi connectivity index (χ3v) is 2.74. The van der Waals surface area contributed by atoms with Gasteiger partial charge in [0.25, 0.3) is 0 Å². The Morgan fingerprint density at radius 3 is 2.55 bits per heavy atom. The minimum Gasteiger partial charge on any atom is -0.364 e. The van der Waals surface area contributed by atoms with Crippen LogP contribution in [0.1, 0.15) is 25.8 Å². The van der Waals surface area contributed by atoms with Gasteiger partial charge in [0.05, 0.1) is 6.61 Å². The topological polar surface area (TPSA) is 50.4 Å². The maximum absolute atomic E-state index is 11.7. The lowest BCUT2D eigenvalue weighted by molar-refractivity contribution is -0.132. The van der Waals surface area contributed by atoms with Crippen molar-refractivity contribution >= 4 is 18.3 Å². The molecule has 0 fully saturated rings. The van der Waals surface area contributed by atoms with Crippen molar-refractivity contribution in [1.29, 1.82) is 0 Å². The number of amides is 1. The van der Waals surface area contributed by atoms with E-state index in [-0.39, 0.29) is 18.3 Å². The second-order valence-corrected chi connectivity index (χ2v) is 4.48. The van der Waals surface area contributed by atoms with Crippen molar-refractivity contribution in [3.63, 3.8) is 0 Å². The van der Waals surface area contributed by atoms with Crippen molar-refractivity contribution in [3.8, 4) is 0 Å². The highest BCUT2D eigenvalue weighted by Gasteiger charge is 2.12. The molecule has 0 radical (unpaired) electrons. The number of halogens is 1. The van der Waals surface area contributed by atoms with E-state index in [4.69, 9.17) is 4.74 Å². The lowest BCUT2D eigenvalue weighted by Crippen LogP contribution is -2.38. The molecular weight excluding hydrogens is 276 g/mol. The number of ether oxygens (including phenoxy) is 1. The van der Waals surface area contributed by atoms with E-state index in [0.29, 0.717) is 13.2 Å². The van der Waals surface area contributed by atoms with Gasteiger partial charge in [-0.15, -0.1) is 12.4 Å². The van der Waals surface area contributed by atoms with Gasteiger partial charge in [0.15, 0.2) is 0 Å². The fraction of sp³-hybridized carbons (Fsp3) is 0.533. The predicted molar refractivity (Wildman–Crippen MR) is 84.1 cm³/mol. The summed E-state index contributed by atoms with van der Waals surface area (Å²) in [6.45, 7) is 6.77. The van der Waals surface area contributed by atoms with Crippen molar-refractivity contribution in [3.05, 3.63) is 35.9 Å². The molecular formula is C15H25ClN2O2. The first-order valence-corrected chi connectivity index (χ1v) is 6.88. The summed E-state index contributed by atoms with van der Waals surface area (Å²) < 4.78 is 5.54. The number of hydrogen-bond donors (Lipinski definition) is 2. The summed E-state index contributed by atoms with van der Waals surface area (Å²) in [5, 5.41) is 6.08. The highest BCUT2D eigenvalue weighted by atomic mass is 35.5. The molecule has 0 saturated carbocycles. The summed E-state index contributed by atoms with van der Waals surface area (Å²) in [5.41, 5.74) is 1.08. The van der Waals surface area contributed by atoms with E-state index in [1.807, 2.05) is 30.3 Å². The molecule has 0 aliphatic rings. The van der Waals surface area contributed by atoms with Crippen molar-refractivity contribution in [2.45, 2.75) is 33.0 Å². The first-order valence-electron chi connectivity index (χ1n) is 6.88. The fourth-order valence-corrected chi connectivity index (χ4v) is 1.59. The van der Waals surface area contributed by atoms with E-state index in [0.717, 1.165) is 25.1 Å². The van der Waals surface area contributed by atoms with E-state index in [2.05, 4.69) is 17.6 Å². The van der Waals surface area contributed by atoms with Crippen LogP contribution in [0.4, 0.5) is 0 Å². The zero-order chi connectivity index (χ0) is 13.9. The number of carbonyl (C=O) groups excluding carboxylic acids is 1. The first-order chi connectivity index (χ1) is 9.24. The van der Waals surface area contributed by atoms with Crippen LogP contribution in [-0.4, -0.2) is 31.6 Å². The highest BCUT2D eigenvalue weighted by Crippen LogP contribution is 2.03. The molecule has 1 unspecified atom stereocenters. The molecule has 0 aromatic heterocycles. The van der Waals surface area contributed by atoms with Crippen LogP contribution in [-0.2, 0) is 16.1 Å². The normalized spacial score (nSPS) is 11.5. The zero-order valence-corrected chi connectivity index (χ0v) is 13.0. The molecule has 0 aliphatic carbocycles. The predicted octanol–water partition coefficient (Wildman–Crippen LogP) is 2.13. The number of carbonyl (C=O) groups is 1. The van der Waals surface area contributed by atoms with Gasteiger partial charge < -0.3 is 15.4 Å². The highest BCUT2D eigenvalue weighted by molar-refractivity contribution is 5.85. The minimum absolute atomic E-state index is 0. The molecule has 1 aromatic carbocycles. The first kappa shape index (κ1) is 18.9. The Morgan fingerprint density at radius 2 is 1.90 bits per heavy atom. The average Bonchev–Trinajstić information content (AvgIpc) is 2.45. The van der Waals surface area contributed by atoms with Crippen LogP contribution in [0.5, 0.6) is 0 Å². The standard InChI is InChI=1S/C15H24N2O2.ClH/c1-3-9-16-10-11-17-15(18)13(2)19-12-14-7-5-4-6-8-14;/h4-8,13,16H,3,9-12H2,1-2H3,(H,17,18);1H. The molecule has 0 saturated heterocycles. The molecule has 114 valence electrons. The van der Waals surface area contributed by atoms with Gasteiger partial charge in [-0.2, -0.15) is 0 Å². The Morgan fingerprint density at radius 1 is 1.20 bits per heavy atom. The number of nitrogens with one attached hydrogen (secondary N) is 2. The number of benzene rings is 1. The van der Waals surface area contributed by atoms with Gasteiger partial charge in [-0.3, -0.25) is 4.79 Å². The van der Waals surface area contributed by atoms with E-state index >= 15 is 0 Å². The van der Waals surface area contributed by atoms with E-state index in [1.165, 1.54) is 0 Å². The van der Waals surface area contributed by atoms with Crippen molar-refractivity contribution < 1.29 is 9.53 Å². The van der Waals surface area contributed by atoms with Gasteiger partial charge in [-0.05, 0) is 25.5 Å². The van der Waals surface area contributed by atoms with Gasteiger partial charge >= 0.3 is 0 Å². The lowest BCUT2D eigenvalue weighted by atomic mass is 10.2. The summed E-state index contributed by atoms with van der Waals surface area (Å²) in [7, 11) is 0. The fourth-order valence-electron chi connectivity index (χ4n) is 1.59. The summed E-state index contributed by atoms with van der Waals surface area (Å²) in [6.07, 6.45) is 0.677. The molecule has 2 N–H and O–H groups in total. The smallest absolute Gasteiger partial charge is 0.248 e. The van der Waals surface area contributed by atoms with Gasteiger partial charge in [-0.1, -0.05) is 37.3 Å². The molecule has 0 spiro atoms. The molecule has 1 atom stereocenters. The van der Waals surface area contributed by atoms with Gasteiger partial charge in [0.1, 0.15) is 6.10 Å². The molecule has 20 heavy (non-hydrogen) atoms. The van der Waals surface area contributed by atoms with Crippen LogP contribution in [0.15, 0.2) is 30.3 Å². The molecule has 5 heteroatoms. The molecule has 0 aliphatic heterocycles. The number of hydrogen-bond acceptors (Lipinski definition) is 3. The Hall–Kier alpha value is -1.10. The third-order valence-electron chi connectivity index (χ3n) is 2.74. The van der Waals surface area contributed by atoms with Crippen LogP contribution in [0.2, 0.25) is 0 Å². The Labute approximate surface area is 127 Å². The third kappa shape index (κ3) is 8.15. The summed E-state index contributed by atoms with van der Waals surface area (Å²) in [4.78, 5) is 11.7. The van der Waals surface area contributed by atoms with E-state index in [1.54, 1.807) is 6.92 Å². The molecule has 1 rings (SSSR count). The maximum atomic E-state index is 11.7. The SMILES string of the molecule is CCCNCCNC(=O)C(C)OCc1ccccc1.Cl. The number of rotatable bonds is 9. The zero-order valence-electron chi connectivity index (χ0n) is 12.2. The van der Waals surface area contributed by atoms with Gasteiger partial charge in [0, 0.05) is 13.1 Å². The van der Waals surface area contributed by atoms with Crippen LogP contribution in [0, 0.1) is 0 Å². The largest absolute Gasteiger partial charge is 0.364 e. The van der Waals surface area contributed by atoms with Gasteiger partial charge in [0.2, 0.25) is 5.91 Å². The van der Waals surface area contributed by atoms with Crippen LogP contribution in [0.3, 0.4) is 0 Å². The Bertz CT molecular complexity index is 360. The molecule has 1 amide bonds. The van der Waals surface area contributed by atoms with Gasteiger partial charge in [-0.25, -0.2) is 0 Å². The average molecular weight is 301 g/mol. The molecule has 4 nitrogen and oxygen atoms in total. The molecule has 0 heterocycles. The van der Waals surface area contributed by atoms with Crippen molar-refractivity contribution in [2.24, 2.45) is 0 Å². The van der Waals surface area contributed by atoms with E-state index in [9.17, 15) is 4.79 Å². The second kappa shape index (κ2) is 11.7. The minimum atomic E-state index is -0.425. The molecule has 0 bridgehead atoms. The quantitative estimate of drug-likeness (QED) is 0.687. The summed E-state index contributed by atoms with van der Waals surface area (Å²) >= 11 is 0. The maximum Gasteiger partial charge on any atom is 0.248 e. The van der Waals surface area contributed by atoms with Crippen molar-refractivity contribution in [1.82, 2.24) is 10.6 Å². The Balaban J connectivity index is 0.00000361. The summed E-state index contributed by atoms with van der Waals surface area (Å²) in [6, 6.07) is 9.85. The lowest BCUT2D eigenvalue weighted by Gasteiger charge is -2.13.